The number of rotatable bonds is 5. The molecule has 11 rings (SSSR count). The van der Waals surface area contributed by atoms with Crippen LogP contribution < -0.4 is 4.74 Å². The fourth-order valence-electron chi connectivity index (χ4n) is 8.52. The predicted octanol–water partition coefficient (Wildman–Crippen LogP) is 12.9. The fraction of sp³-hybridized carbons (Fsp3) is 0.0385. The molecule has 0 aromatic heterocycles. The molecule has 2 heterocycles. The summed E-state index contributed by atoms with van der Waals surface area (Å²) in [7, 11) is 0. The first kappa shape index (κ1) is 31.4. The number of aliphatic imine (C=N–C) groups is 2. The Labute approximate surface area is 319 Å². The Hall–Kier alpha value is -7.10. The zero-order valence-electron chi connectivity index (χ0n) is 29.9. The molecule has 0 amide bonds. The Bertz CT molecular complexity index is 2980. The Morgan fingerprint density at radius 3 is 1.56 bits per heavy atom. The van der Waals surface area contributed by atoms with Crippen molar-refractivity contribution >= 4 is 43.9 Å². The summed E-state index contributed by atoms with van der Waals surface area (Å²) in [5, 5.41) is 7.61. The van der Waals surface area contributed by atoms with E-state index in [1.54, 1.807) is 0 Å². The Morgan fingerprint density at radius 1 is 0.364 bits per heavy atom. The Balaban J connectivity index is 1.05. The van der Waals surface area contributed by atoms with Gasteiger partial charge >= 0.3 is 0 Å². The molecular formula is C52H34N2O. The van der Waals surface area contributed by atoms with Gasteiger partial charge in [0.05, 0.1) is 5.71 Å². The van der Waals surface area contributed by atoms with Crippen molar-refractivity contribution < 1.29 is 4.74 Å². The summed E-state index contributed by atoms with van der Waals surface area (Å²) in [5.41, 5.74) is 10.9. The van der Waals surface area contributed by atoms with Crippen molar-refractivity contribution in [2.45, 2.75) is 12.1 Å². The lowest BCUT2D eigenvalue weighted by Crippen LogP contribution is -2.33. The van der Waals surface area contributed by atoms with Gasteiger partial charge in [-0.25, -0.2) is 4.99 Å². The summed E-state index contributed by atoms with van der Waals surface area (Å²) in [6.07, 6.45) is -0.345. The molecule has 0 fully saturated rings. The van der Waals surface area contributed by atoms with Crippen molar-refractivity contribution in [1.82, 2.24) is 0 Å². The molecule has 0 bridgehead atoms. The molecule has 0 N–H and O–H groups in total. The van der Waals surface area contributed by atoms with E-state index in [9.17, 15) is 0 Å². The zero-order valence-corrected chi connectivity index (χ0v) is 29.9. The number of benzene rings is 9. The van der Waals surface area contributed by atoms with Gasteiger partial charge in [-0.15, -0.1) is 0 Å². The summed E-state index contributed by atoms with van der Waals surface area (Å²) < 4.78 is 6.76. The molecule has 3 heteroatoms. The maximum atomic E-state index is 6.76. The molecule has 2 aliphatic rings. The molecule has 0 saturated heterocycles. The van der Waals surface area contributed by atoms with Gasteiger partial charge in [0.2, 0.25) is 0 Å². The van der Waals surface area contributed by atoms with Gasteiger partial charge in [0, 0.05) is 11.1 Å². The molecule has 9 aromatic carbocycles. The van der Waals surface area contributed by atoms with Gasteiger partial charge in [-0.3, -0.25) is 4.99 Å². The maximum Gasteiger partial charge on any atom is 0.168 e. The summed E-state index contributed by atoms with van der Waals surface area (Å²) in [6, 6.07) is 68.9. The number of amidine groups is 1. The maximum absolute atomic E-state index is 6.76. The van der Waals surface area contributed by atoms with Gasteiger partial charge in [-0.2, -0.15) is 0 Å². The smallest absolute Gasteiger partial charge is 0.168 e. The SMILES string of the molecule is c1ccc(-c2cccc(C3N=C(c4cccc(-c5ccc6c7ccccc7c7ccccc7c6c5)c4)N=C4c5cc(-c6ccccc6)ccc5OC43)c2)cc1. The van der Waals surface area contributed by atoms with Crippen LogP contribution in [0.3, 0.4) is 0 Å². The molecule has 0 aliphatic carbocycles. The first-order valence-corrected chi connectivity index (χ1v) is 18.9. The van der Waals surface area contributed by atoms with E-state index in [4.69, 9.17) is 14.7 Å². The monoisotopic (exact) mass is 702 g/mol. The second-order valence-electron chi connectivity index (χ2n) is 14.4. The van der Waals surface area contributed by atoms with E-state index in [0.717, 1.165) is 56.0 Å². The molecule has 2 atom stereocenters. The van der Waals surface area contributed by atoms with Crippen LogP contribution in [0.2, 0.25) is 0 Å². The van der Waals surface area contributed by atoms with Crippen LogP contribution in [0.25, 0.3) is 65.7 Å². The minimum absolute atomic E-state index is 0.289. The van der Waals surface area contributed by atoms with Crippen molar-refractivity contribution in [3.8, 4) is 39.1 Å². The van der Waals surface area contributed by atoms with E-state index >= 15 is 0 Å². The normalized spacial score (nSPS) is 16.0. The molecule has 258 valence electrons. The molecule has 9 aromatic rings. The van der Waals surface area contributed by atoms with E-state index < -0.39 is 0 Å². The van der Waals surface area contributed by atoms with Crippen molar-refractivity contribution in [1.29, 1.82) is 0 Å². The van der Waals surface area contributed by atoms with Crippen LogP contribution in [0, 0.1) is 0 Å². The van der Waals surface area contributed by atoms with Gasteiger partial charge in [-0.1, -0.05) is 164 Å². The fourth-order valence-corrected chi connectivity index (χ4v) is 8.52. The zero-order chi connectivity index (χ0) is 36.3. The van der Waals surface area contributed by atoms with Gasteiger partial charge in [0.1, 0.15) is 11.8 Å². The first-order chi connectivity index (χ1) is 27.2. The summed E-state index contributed by atoms with van der Waals surface area (Å²) >= 11 is 0. The van der Waals surface area contributed by atoms with Crippen molar-refractivity contribution in [3.63, 3.8) is 0 Å². The van der Waals surface area contributed by atoms with Crippen molar-refractivity contribution in [3.05, 3.63) is 211 Å². The molecule has 2 aliphatic heterocycles. The number of fused-ring (bicyclic) bond motifs is 9. The summed E-state index contributed by atoms with van der Waals surface area (Å²) in [5.74, 6) is 1.55. The van der Waals surface area contributed by atoms with Gasteiger partial charge < -0.3 is 4.74 Å². The highest BCUT2D eigenvalue weighted by molar-refractivity contribution is 6.26. The van der Waals surface area contributed by atoms with Crippen LogP contribution >= 0.6 is 0 Å². The molecular weight excluding hydrogens is 669 g/mol. The van der Waals surface area contributed by atoms with Crippen LogP contribution in [0.15, 0.2) is 204 Å². The minimum atomic E-state index is -0.345. The molecule has 55 heavy (non-hydrogen) atoms. The number of hydrogen-bond acceptors (Lipinski definition) is 3. The molecule has 0 spiro atoms. The Kier molecular flexibility index (Phi) is 7.31. The van der Waals surface area contributed by atoms with E-state index in [-0.39, 0.29) is 12.1 Å². The predicted molar refractivity (Wildman–Crippen MR) is 228 cm³/mol. The van der Waals surface area contributed by atoms with Crippen LogP contribution in [0.1, 0.15) is 22.7 Å². The summed E-state index contributed by atoms with van der Waals surface area (Å²) in [4.78, 5) is 10.8. The van der Waals surface area contributed by atoms with Crippen LogP contribution in [-0.4, -0.2) is 17.7 Å². The lowest BCUT2D eigenvalue weighted by atomic mass is 9.91. The van der Waals surface area contributed by atoms with Crippen molar-refractivity contribution in [2.75, 3.05) is 0 Å². The molecule has 0 saturated carbocycles. The third kappa shape index (κ3) is 5.35. The van der Waals surface area contributed by atoms with Crippen LogP contribution in [0.4, 0.5) is 0 Å². The molecule has 3 nitrogen and oxygen atoms in total. The Morgan fingerprint density at radius 2 is 0.873 bits per heavy atom. The van der Waals surface area contributed by atoms with Gasteiger partial charge in [0.25, 0.3) is 0 Å². The standard InChI is InChI=1S/C52H34N2O/c1-3-13-33(14-4-1)35-17-11-19-39(29-35)49-51-50(47-32-37(26-28-48(47)55-51)34-15-5-2-6-16-34)54-52(53-49)40-20-12-18-36(30-40)38-25-27-45-43-23-8-7-21-41(43)42-22-9-10-24-44(42)46(45)31-38/h1-32,49,51H. The highest BCUT2D eigenvalue weighted by Gasteiger charge is 2.41. The second kappa shape index (κ2) is 12.8. The minimum Gasteiger partial charge on any atom is -0.481 e. The second-order valence-corrected chi connectivity index (χ2v) is 14.4. The van der Waals surface area contributed by atoms with E-state index in [1.807, 2.05) is 6.07 Å². The number of nitrogens with zero attached hydrogens (tertiary/aromatic N) is 2. The average molecular weight is 703 g/mol. The largest absolute Gasteiger partial charge is 0.481 e. The van der Waals surface area contributed by atoms with E-state index in [2.05, 4.69) is 188 Å². The third-order valence-electron chi connectivity index (χ3n) is 11.2. The van der Waals surface area contributed by atoms with Crippen molar-refractivity contribution in [2.24, 2.45) is 9.98 Å². The molecule has 0 radical (unpaired) electrons. The lowest BCUT2D eigenvalue weighted by molar-refractivity contribution is 0.249. The topological polar surface area (TPSA) is 34.0 Å². The van der Waals surface area contributed by atoms with Gasteiger partial charge in [0.15, 0.2) is 11.9 Å². The highest BCUT2D eigenvalue weighted by Crippen LogP contribution is 2.42. The van der Waals surface area contributed by atoms with E-state index in [1.165, 1.54) is 37.9 Å². The lowest BCUT2D eigenvalue weighted by Gasteiger charge is -2.26. The quantitative estimate of drug-likeness (QED) is 0.164. The number of hydrogen-bond donors (Lipinski definition) is 0. The van der Waals surface area contributed by atoms with Gasteiger partial charge in [-0.05, 0) is 102 Å². The third-order valence-corrected chi connectivity index (χ3v) is 11.2. The first-order valence-electron chi connectivity index (χ1n) is 18.9. The average Bonchev–Trinajstić information content (AvgIpc) is 3.65. The summed E-state index contributed by atoms with van der Waals surface area (Å²) in [6.45, 7) is 0. The van der Waals surface area contributed by atoms with Crippen LogP contribution in [0.5, 0.6) is 5.75 Å². The van der Waals surface area contributed by atoms with E-state index in [0.29, 0.717) is 5.84 Å². The number of ether oxygens (including phenoxy) is 1. The highest BCUT2D eigenvalue weighted by atomic mass is 16.5. The molecule has 2 unspecified atom stereocenters. The van der Waals surface area contributed by atoms with Crippen LogP contribution in [-0.2, 0) is 0 Å².